The van der Waals surface area contributed by atoms with Gasteiger partial charge in [0.05, 0.1) is 22.0 Å². The number of carbonyl (C=O) groups is 2. The van der Waals surface area contributed by atoms with Crippen LogP contribution < -0.4 is 10.2 Å². The van der Waals surface area contributed by atoms with Gasteiger partial charge in [-0.1, -0.05) is 41.4 Å². The lowest BCUT2D eigenvalue weighted by Crippen LogP contribution is -2.32. The van der Waals surface area contributed by atoms with Gasteiger partial charge in [-0.05, 0) is 60.5 Å². The van der Waals surface area contributed by atoms with Crippen LogP contribution in [0.5, 0.6) is 0 Å². The number of para-hydroxylation sites is 1. The third-order valence-corrected chi connectivity index (χ3v) is 6.32. The van der Waals surface area contributed by atoms with E-state index in [1.54, 1.807) is 41.3 Å². The molecule has 8 heteroatoms. The first kappa shape index (κ1) is 22.2. The molecule has 0 radical (unpaired) electrons. The van der Waals surface area contributed by atoms with Gasteiger partial charge in [0, 0.05) is 41.6 Å². The molecular weight excluding hydrogens is 471 g/mol. The van der Waals surface area contributed by atoms with Crippen LogP contribution in [0.15, 0.2) is 72.9 Å². The molecule has 2 amide bonds. The Morgan fingerprint density at radius 1 is 1.00 bits per heavy atom. The minimum absolute atomic E-state index is 0.111. The van der Waals surface area contributed by atoms with Crippen molar-refractivity contribution < 1.29 is 9.59 Å². The number of anilines is 2. The van der Waals surface area contributed by atoms with Crippen LogP contribution in [0.2, 0.25) is 10.0 Å². The van der Waals surface area contributed by atoms with Crippen LogP contribution >= 0.6 is 23.2 Å². The van der Waals surface area contributed by atoms with E-state index in [0.29, 0.717) is 34.8 Å². The van der Waals surface area contributed by atoms with Crippen LogP contribution in [0.4, 0.5) is 11.4 Å². The van der Waals surface area contributed by atoms with E-state index in [4.69, 9.17) is 23.2 Å². The predicted molar refractivity (Wildman–Crippen MR) is 135 cm³/mol. The average molecular weight is 491 g/mol. The van der Waals surface area contributed by atoms with Gasteiger partial charge in [0.2, 0.25) is 0 Å². The van der Waals surface area contributed by atoms with E-state index in [2.05, 4.69) is 10.4 Å². The third-order valence-electron chi connectivity index (χ3n) is 5.77. The van der Waals surface area contributed by atoms with Crippen molar-refractivity contribution in [1.29, 1.82) is 0 Å². The van der Waals surface area contributed by atoms with Gasteiger partial charge in [-0.25, -0.2) is 0 Å². The second kappa shape index (κ2) is 8.97. The summed E-state index contributed by atoms with van der Waals surface area (Å²) in [5.74, 6) is -0.464. The number of amides is 2. The molecule has 0 spiro atoms. The largest absolute Gasteiger partial charge is 0.322 e. The van der Waals surface area contributed by atoms with Crippen molar-refractivity contribution in [1.82, 2.24) is 9.78 Å². The molecule has 1 N–H and O–H groups in total. The van der Waals surface area contributed by atoms with Gasteiger partial charge in [0.15, 0.2) is 0 Å². The van der Waals surface area contributed by atoms with Gasteiger partial charge in [-0.2, -0.15) is 5.10 Å². The Morgan fingerprint density at radius 2 is 1.76 bits per heavy atom. The number of aryl methyl sites for hydroxylation is 1. The van der Waals surface area contributed by atoms with Gasteiger partial charge in [0.25, 0.3) is 11.8 Å². The lowest BCUT2D eigenvalue weighted by atomic mass is 10.1. The molecule has 1 aromatic heterocycles. The Hall–Kier alpha value is -3.61. The molecule has 1 aliphatic heterocycles. The molecule has 5 rings (SSSR count). The first-order valence-corrected chi connectivity index (χ1v) is 11.5. The van der Waals surface area contributed by atoms with Crippen LogP contribution in [-0.2, 0) is 13.5 Å². The van der Waals surface area contributed by atoms with Crippen molar-refractivity contribution in [3.05, 3.63) is 99.7 Å². The fraction of sp³-hybridized carbons (Fsp3) is 0.115. The van der Waals surface area contributed by atoms with E-state index in [-0.39, 0.29) is 16.8 Å². The normalized spacial score (nSPS) is 12.5. The summed E-state index contributed by atoms with van der Waals surface area (Å²) in [7, 11) is 1.90. The molecule has 0 saturated heterocycles. The van der Waals surface area contributed by atoms with Crippen LogP contribution in [0.25, 0.3) is 11.3 Å². The summed E-state index contributed by atoms with van der Waals surface area (Å²) in [4.78, 5) is 27.8. The highest BCUT2D eigenvalue weighted by Gasteiger charge is 2.26. The Kier molecular flexibility index (Phi) is 5.86. The zero-order valence-electron chi connectivity index (χ0n) is 18.3. The second-order valence-electron chi connectivity index (χ2n) is 8.06. The number of nitrogens with zero attached hydrogens (tertiary/aromatic N) is 3. The third kappa shape index (κ3) is 4.18. The Morgan fingerprint density at radius 3 is 2.53 bits per heavy atom. The van der Waals surface area contributed by atoms with Crippen molar-refractivity contribution in [2.75, 3.05) is 16.8 Å². The van der Waals surface area contributed by atoms with Crippen LogP contribution in [0, 0.1) is 0 Å². The molecule has 2 heterocycles. The maximum Gasteiger partial charge on any atom is 0.258 e. The topological polar surface area (TPSA) is 67.2 Å². The molecule has 0 unspecified atom stereocenters. The quantitative estimate of drug-likeness (QED) is 0.391. The molecule has 0 saturated carbocycles. The molecule has 0 aliphatic carbocycles. The highest BCUT2D eigenvalue weighted by molar-refractivity contribution is 6.37. The lowest BCUT2D eigenvalue weighted by Gasteiger charge is -2.23. The molecule has 6 nitrogen and oxygen atoms in total. The summed E-state index contributed by atoms with van der Waals surface area (Å²) in [6.07, 6.45) is 2.71. The van der Waals surface area contributed by atoms with E-state index in [1.807, 2.05) is 42.2 Å². The summed E-state index contributed by atoms with van der Waals surface area (Å²) in [5.41, 5.74) is 5.20. The number of hydrogen-bond acceptors (Lipinski definition) is 3. The summed E-state index contributed by atoms with van der Waals surface area (Å²) in [5, 5.41) is 8.15. The minimum Gasteiger partial charge on any atom is -0.322 e. The number of halogens is 2. The summed E-state index contributed by atoms with van der Waals surface area (Å²) in [6.45, 7) is 0.544. The molecule has 34 heavy (non-hydrogen) atoms. The monoisotopic (exact) mass is 490 g/mol. The molecule has 170 valence electrons. The van der Waals surface area contributed by atoms with Crippen LogP contribution in [0.1, 0.15) is 26.3 Å². The standard InChI is InChI=1S/C26H20Cl2N4O2/c1-31-15-17-12-13-32(23-5-3-2-4-21(23)24(17)30-31)26(34)16-6-9-19(10-7-16)29-25(33)20-11-8-18(27)14-22(20)28/h2-11,14-15H,12-13H2,1H3,(H,29,33). The number of nitrogens with one attached hydrogen (secondary N) is 1. The zero-order valence-corrected chi connectivity index (χ0v) is 19.8. The molecule has 4 aromatic rings. The minimum atomic E-state index is -0.354. The number of rotatable bonds is 3. The maximum atomic E-state index is 13.5. The Balaban J connectivity index is 1.37. The highest BCUT2D eigenvalue weighted by Crippen LogP contribution is 2.36. The molecule has 3 aromatic carbocycles. The molecule has 0 fully saturated rings. The smallest absolute Gasteiger partial charge is 0.258 e. The van der Waals surface area contributed by atoms with Crippen LogP contribution in [0.3, 0.4) is 0 Å². The summed E-state index contributed by atoms with van der Waals surface area (Å²) >= 11 is 12.0. The van der Waals surface area contributed by atoms with Gasteiger partial charge in [-0.15, -0.1) is 0 Å². The fourth-order valence-electron chi connectivity index (χ4n) is 4.14. The Labute approximate surface area is 206 Å². The first-order chi connectivity index (χ1) is 16.4. The van der Waals surface area contributed by atoms with Crippen molar-refractivity contribution >= 4 is 46.4 Å². The first-order valence-electron chi connectivity index (χ1n) is 10.7. The van der Waals surface area contributed by atoms with Gasteiger partial charge in [0.1, 0.15) is 0 Å². The fourth-order valence-corrected chi connectivity index (χ4v) is 4.64. The molecular formula is C26H20Cl2N4O2. The Bertz CT molecular complexity index is 1410. The van der Waals surface area contributed by atoms with Gasteiger partial charge < -0.3 is 10.2 Å². The highest BCUT2D eigenvalue weighted by atomic mass is 35.5. The number of aromatic nitrogens is 2. The van der Waals surface area contributed by atoms with E-state index >= 15 is 0 Å². The lowest BCUT2D eigenvalue weighted by molar-refractivity contribution is 0.0986. The molecule has 1 aliphatic rings. The number of carbonyl (C=O) groups excluding carboxylic acids is 2. The van der Waals surface area contributed by atoms with E-state index in [9.17, 15) is 9.59 Å². The van der Waals surface area contributed by atoms with Crippen molar-refractivity contribution in [3.63, 3.8) is 0 Å². The van der Waals surface area contributed by atoms with Gasteiger partial charge in [-0.3, -0.25) is 14.3 Å². The number of fused-ring (bicyclic) bond motifs is 3. The van der Waals surface area contributed by atoms with Crippen molar-refractivity contribution in [3.8, 4) is 11.3 Å². The molecule has 0 atom stereocenters. The summed E-state index contributed by atoms with van der Waals surface area (Å²) in [6, 6.07) is 19.3. The SMILES string of the molecule is Cn1cc2c(n1)-c1ccccc1N(C(=O)c1ccc(NC(=O)c3ccc(Cl)cc3Cl)cc1)CC2. The maximum absolute atomic E-state index is 13.5. The molecule has 0 bridgehead atoms. The van der Waals surface area contributed by atoms with E-state index in [0.717, 1.165) is 22.5 Å². The van der Waals surface area contributed by atoms with E-state index in [1.165, 1.54) is 6.07 Å². The van der Waals surface area contributed by atoms with Gasteiger partial charge >= 0.3 is 0 Å². The van der Waals surface area contributed by atoms with Crippen molar-refractivity contribution in [2.45, 2.75) is 6.42 Å². The van der Waals surface area contributed by atoms with E-state index < -0.39 is 0 Å². The predicted octanol–water partition coefficient (Wildman–Crippen LogP) is 5.85. The second-order valence-corrected chi connectivity index (χ2v) is 8.90. The zero-order chi connectivity index (χ0) is 23.8. The number of benzene rings is 3. The number of hydrogen-bond donors (Lipinski definition) is 1. The summed E-state index contributed by atoms with van der Waals surface area (Å²) < 4.78 is 1.81. The van der Waals surface area contributed by atoms with Crippen LogP contribution in [-0.4, -0.2) is 28.1 Å². The van der Waals surface area contributed by atoms with Crippen molar-refractivity contribution in [2.24, 2.45) is 7.05 Å². The average Bonchev–Trinajstić information content (AvgIpc) is 3.13.